The molecule has 12 aromatic carbocycles. The smallest absolute Gasteiger partial charge is 0.252 e. The van der Waals surface area contributed by atoms with Crippen LogP contribution in [0.15, 0.2) is 271 Å². The van der Waals surface area contributed by atoms with Crippen molar-refractivity contribution in [3.8, 4) is 23.0 Å². The van der Waals surface area contributed by atoms with E-state index in [1.807, 2.05) is 72.4 Å². The van der Waals surface area contributed by atoms with Crippen molar-refractivity contribution < 1.29 is 9.47 Å². The van der Waals surface area contributed by atoms with Crippen LogP contribution in [0.3, 0.4) is 0 Å². The lowest BCUT2D eigenvalue weighted by Crippen LogP contribution is -2.65. The van der Waals surface area contributed by atoms with Crippen molar-refractivity contribution in [2.75, 3.05) is 9.80 Å². The Morgan fingerprint density at radius 2 is 0.908 bits per heavy atom. The van der Waals surface area contributed by atoms with Crippen molar-refractivity contribution in [3.05, 3.63) is 278 Å². The lowest BCUT2D eigenvalue weighted by atomic mass is 9.29. The number of hydrogen-bond acceptors (Lipinski definition) is 5. The minimum absolute atomic E-state index is 0.00214. The molecule has 7 heteroatoms. The van der Waals surface area contributed by atoms with Crippen LogP contribution in [0.1, 0.15) is 22.6 Å². The van der Waals surface area contributed by atoms with Crippen molar-refractivity contribution in [1.82, 2.24) is 0 Å². The van der Waals surface area contributed by atoms with Gasteiger partial charge < -0.3 is 19.3 Å². The third-order valence-corrected chi connectivity index (χ3v) is 17.2. The van der Waals surface area contributed by atoms with Crippen LogP contribution in [-0.2, 0) is 0 Å². The molecular formula is C69H44B2N2O2S. The predicted octanol–water partition coefficient (Wildman–Crippen LogP) is 14.1. The highest BCUT2D eigenvalue weighted by molar-refractivity contribution is 8.00. The molecule has 1 atom stereocenters. The highest BCUT2D eigenvalue weighted by Gasteiger charge is 2.48. The van der Waals surface area contributed by atoms with E-state index in [0.717, 1.165) is 50.8 Å². The van der Waals surface area contributed by atoms with Gasteiger partial charge in [-0.3, -0.25) is 0 Å². The second kappa shape index (κ2) is 17.2. The Kier molecular flexibility index (Phi) is 9.79. The summed E-state index contributed by atoms with van der Waals surface area (Å²) < 4.78 is 13.1. The molecule has 0 saturated carbocycles. The monoisotopic (exact) mass is 986 g/mol. The molecule has 4 aliphatic rings. The van der Waals surface area contributed by atoms with Crippen molar-refractivity contribution in [3.63, 3.8) is 0 Å². The molecule has 0 fully saturated rings. The minimum Gasteiger partial charge on any atom is -0.457 e. The van der Waals surface area contributed by atoms with E-state index in [2.05, 4.69) is 210 Å². The summed E-state index contributed by atoms with van der Waals surface area (Å²) in [5.74, 6) is 3.17. The van der Waals surface area contributed by atoms with Gasteiger partial charge in [0.15, 0.2) is 0 Å². The molecule has 1 unspecified atom stereocenters. The van der Waals surface area contributed by atoms with Gasteiger partial charge in [-0.05, 0) is 158 Å². The van der Waals surface area contributed by atoms with Gasteiger partial charge >= 0.3 is 0 Å². The molecule has 0 aliphatic carbocycles. The maximum Gasteiger partial charge on any atom is 0.252 e. The number of nitrogens with zero attached hydrogens (tertiary/aromatic N) is 2. The molecule has 0 aromatic heterocycles. The number of fused-ring (bicyclic) bond motifs is 12. The lowest BCUT2D eigenvalue weighted by Gasteiger charge is -2.46. The number of anilines is 6. The maximum atomic E-state index is 6.61. The SMILES string of the molecule is c1ccc(Oc2ccc3c4c5c(cc3c2)Sc2ccccc2B5c2cc3c(cc2C4c2ccccc2)N(c2ccccc2)c2c4c(cc5cc(Oc6ccccc6)ccc25)N(c2ccccc2)c2ccccc2B34)cc1. The zero-order chi connectivity index (χ0) is 49.8. The first-order valence-corrected chi connectivity index (χ1v) is 27.0. The highest BCUT2D eigenvalue weighted by atomic mass is 32.2. The van der Waals surface area contributed by atoms with Crippen LogP contribution in [0, 0.1) is 0 Å². The van der Waals surface area contributed by atoms with E-state index in [-0.39, 0.29) is 19.3 Å². The van der Waals surface area contributed by atoms with Crippen molar-refractivity contribution in [2.24, 2.45) is 0 Å². The van der Waals surface area contributed by atoms with Gasteiger partial charge in [0, 0.05) is 49.5 Å². The quantitative estimate of drug-likeness (QED) is 0.148. The van der Waals surface area contributed by atoms with Gasteiger partial charge in [0.1, 0.15) is 23.0 Å². The maximum absolute atomic E-state index is 6.61. The van der Waals surface area contributed by atoms with Crippen LogP contribution in [-0.4, -0.2) is 13.4 Å². The van der Waals surface area contributed by atoms with Crippen LogP contribution in [0.4, 0.5) is 34.1 Å². The van der Waals surface area contributed by atoms with Crippen LogP contribution in [0.2, 0.25) is 0 Å². The van der Waals surface area contributed by atoms with Gasteiger partial charge in [0.25, 0.3) is 6.71 Å². The topological polar surface area (TPSA) is 24.9 Å². The normalized spacial score (nSPS) is 14.3. The van der Waals surface area contributed by atoms with E-state index < -0.39 is 0 Å². The van der Waals surface area contributed by atoms with Gasteiger partial charge in [0.2, 0.25) is 6.71 Å². The molecule has 0 amide bonds. The number of rotatable bonds is 7. The van der Waals surface area contributed by atoms with Crippen molar-refractivity contribution >= 4 is 114 Å². The van der Waals surface area contributed by atoms with Crippen LogP contribution < -0.4 is 52.1 Å². The largest absolute Gasteiger partial charge is 0.457 e. The minimum atomic E-state index is -0.0880. The first-order chi connectivity index (χ1) is 37.7. The number of ether oxygens (including phenoxy) is 2. The van der Waals surface area contributed by atoms with E-state index in [0.29, 0.717) is 0 Å². The van der Waals surface area contributed by atoms with E-state index in [1.54, 1.807) is 0 Å². The summed E-state index contributed by atoms with van der Waals surface area (Å²) in [7, 11) is 0. The third-order valence-electron chi connectivity index (χ3n) is 16.1. The Hall–Kier alpha value is -9.16. The third kappa shape index (κ3) is 6.68. The molecule has 4 aliphatic heterocycles. The van der Waals surface area contributed by atoms with Crippen molar-refractivity contribution in [1.29, 1.82) is 0 Å². The molecule has 16 rings (SSSR count). The average molecular weight is 987 g/mol. The molecule has 12 aromatic rings. The fraction of sp³-hybridized carbons (Fsp3) is 0.0145. The molecule has 4 nitrogen and oxygen atoms in total. The fourth-order valence-corrected chi connectivity index (χ4v) is 14.2. The molecular weight excluding hydrogens is 942 g/mol. The van der Waals surface area contributed by atoms with Crippen LogP contribution >= 0.6 is 11.8 Å². The Morgan fingerprint density at radius 3 is 1.59 bits per heavy atom. The number of hydrogen-bond donors (Lipinski definition) is 0. The predicted molar refractivity (Wildman–Crippen MR) is 318 cm³/mol. The number of para-hydroxylation sites is 5. The molecule has 76 heavy (non-hydrogen) atoms. The van der Waals surface area contributed by atoms with E-state index in [9.17, 15) is 0 Å². The van der Waals surface area contributed by atoms with Crippen LogP contribution in [0.5, 0.6) is 23.0 Å². The summed E-state index contributed by atoms with van der Waals surface area (Å²) in [4.78, 5) is 7.68. The van der Waals surface area contributed by atoms with Crippen LogP contribution in [0.25, 0.3) is 21.5 Å². The first-order valence-electron chi connectivity index (χ1n) is 26.2. The van der Waals surface area contributed by atoms with E-state index in [1.165, 1.54) is 87.1 Å². The molecule has 354 valence electrons. The highest BCUT2D eigenvalue weighted by Crippen LogP contribution is 2.50. The summed E-state index contributed by atoms with van der Waals surface area (Å²) in [6.45, 7) is -0.0901. The van der Waals surface area contributed by atoms with Gasteiger partial charge in [-0.25, -0.2) is 0 Å². The summed E-state index contributed by atoms with van der Waals surface area (Å²) in [5.41, 5.74) is 18.9. The zero-order valence-corrected chi connectivity index (χ0v) is 42.0. The summed E-state index contributed by atoms with van der Waals surface area (Å²) in [6.07, 6.45) is 0. The fourth-order valence-electron chi connectivity index (χ4n) is 13.0. The second-order valence-electron chi connectivity index (χ2n) is 20.2. The Labute approximate surface area is 446 Å². The zero-order valence-electron chi connectivity index (χ0n) is 41.2. The molecule has 0 N–H and O–H groups in total. The van der Waals surface area contributed by atoms with Gasteiger partial charge in [0.05, 0.1) is 5.69 Å². The second-order valence-corrected chi connectivity index (χ2v) is 21.3. The Balaban J connectivity index is 1.01. The van der Waals surface area contributed by atoms with E-state index >= 15 is 0 Å². The standard InChI is InChI=1S/C69H44B2N2O2S/c1-6-20-44(21-7-1)65-55-42-61-59(43-58(55)71-57-31-17-19-33-63(57)76-64-41-46-39-51(74-49-26-12-4-13-27-49)34-36-53(46)66(65)68(64)71)70-56-30-16-18-32-60(56)72(47-22-8-2-9-23-47)62-40-45-38-52(75-50-28-14-5-15-29-50)35-37-54(45)69(67(62)70)73(61)48-24-10-3-11-25-48/h1-43,65H. The summed E-state index contributed by atoms with van der Waals surface area (Å²) in [5, 5.41) is 4.69. The Bertz CT molecular complexity index is 4300. The molecule has 0 spiro atoms. The lowest BCUT2D eigenvalue weighted by molar-refractivity contribution is 0.483. The summed E-state index contributed by atoms with van der Waals surface area (Å²) in [6, 6.07) is 95.1. The Morgan fingerprint density at radius 1 is 0.355 bits per heavy atom. The average Bonchev–Trinajstić information content (AvgIpc) is 3.55. The molecule has 0 radical (unpaired) electrons. The van der Waals surface area contributed by atoms with Gasteiger partial charge in [-0.1, -0.05) is 180 Å². The van der Waals surface area contributed by atoms with Gasteiger partial charge in [-0.15, -0.1) is 0 Å². The van der Waals surface area contributed by atoms with E-state index in [4.69, 9.17) is 9.47 Å². The van der Waals surface area contributed by atoms with Crippen molar-refractivity contribution in [2.45, 2.75) is 15.7 Å². The summed E-state index contributed by atoms with van der Waals surface area (Å²) >= 11 is 1.91. The number of benzene rings is 12. The molecule has 0 bridgehead atoms. The first kappa shape index (κ1) is 43.3. The molecule has 4 heterocycles. The molecule has 0 saturated heterocycles. The van der Waals surface area contributed by atoms with Gasteiger partial charge in [-0.2, -0.15) is 0 Å².